The van der Waals surface area contributed by atoms with Gasteiger partial charge in [-0.2, -0.15) is 0 Å². The van der Waals surface area contributed by atoms with Crippen LogP contribution in [0.5, 0.6) is 0 Å². The van der Waals surface area contributed by atoms with Crippen molar-refractivity contribution in [2.24, 2.45) is 23.7 Å². The van der Waals surface area contributed by atoms with Gasteiger partial charge < -0.3 is 0 Å². The number of nitrogens with zero attached hydrogens (tertiary/aromatic N) is 1. The molecule has 23 heavy (non-hydrogen) atoms. The molecule has 1 saturated carbocycles. The van der Waals surface area contributed by atoms with Crippen LogP contribution in [0.1, 0.15) is 18.9 Å². The zero-order valence-electron chi connectivity index (χ0n) is 13.1. The van der Waals surface area contributed by atoms with Crippen LogP contribution in [0.15, 0.2) is 42.5 Å². The molecule has 0 radical (unpaired) electrons. The molecule has 1 aliphatic heterocycles. The monoisotopic (exact) mass is 331 g/mol. The zero-order chi connectivity index (χ0) is 16.2. The fraction of sp³-hybridized carbons (Fsp3) is 0.500. The lowest BCUT2D eigenvalue weighted by Gasteiger charge is -2.22. The topological polar surface area (TPSA) is 54.5 Å². The Kier molecular flexibility index (Phi) is 3.38. The van der Waals surface area contributed by atoms with E-state index in [-0.39, 0.29) is 28.9 Å². The van der Waals surface area contributed by atoms with Gasteiger partial charge in [0.15, 0.2) is 0 Å². The number of hydrogen-bond donors (Lipinski definition) is 0. The molecule has 2 bridgehead atoms. The molecule has 5 heteroatoms. The maximum absolute atomic E-state index is 12.8. The van der Waals surface area contributed by atoms with Gasteiger partial charge in [-0.1, -0.05) is 49.4 Å². The fourth-order valence-electron chi connectivity index (χ4n) is 4.52. The molecule has 1 aromatic carbocycles. The van der Waals surface area contributed by atoms with Crippen molar-refractivity contribution in [1.82, 2.24) is 4.31 Å². The Hall–Kier alpha value is -1.62. The molecule has 1 amide bonds. The third-order valence-corrected chi connectivity index (χ3v) is 7.95. The molecule has 4 rings (SSSR count). The van der Waals surface area contributed by atoms with E-state index in [4.69, 9.17) is 0 Å². The van der Waals surface area contributed by atoms with Crippen molar-refractivity contribution >= 4 is 15.9 Å². The summed E-state index contributed by atoms with van der Waals surface area (Å²) < 4.78 is 26.9. The first-order valence-corrected chi connectivity index (χ1v) is 9.76. The third kappa shape index (κ3) is 2.24. The molecule has 2 aliphatic carbocycles. The van der Waals surface area contributed by atoms with Crippen molar-refractivity contribution in [3.8, 4) is 0 Å². The average Bonchev–Trinajstić information content (AvgIpc) is 3.20. The highest BCUT2D eigenvalue weighted by Crippen LogP contribution is 2.51. The van der Waals surface area contributed by atoms with E-state index in [0.717, 1.165) is 12.0 Å². The minimum Gasteiger partial charge on any atom is -0.273 e. The maximum atomic E-state index is 12.8. The van der Waals surface area contributed by atoms with Crippen LogP contribution < -0.4 is 0 Å². The van der Waals surface area contributed by atoms with Crippen LogP contribution >= 0.6 is 0 Å². The summed E-state index contributed by atoms with van der Waals surface area (Å²) in [7, 11) is -3.50. The Morgan fingerprint density at radius 3 is 2.61 bits per heavy atom. The van der Waals surface area contributed by atoms with Gasteiger partial charge in [0.05, 0.1) is 5.25 Å². The molecule has 0 unspecified atom stereocenters. The number of benzene rings is 1. The minimum atomic E-state index is -3.50. The highest BCUT2D eigenvalue weighted by Gasteiger charge is 2.59. The second-order valence-corrected chi connectivity index (χ2v) is 9.10. The van der Waals surface area contributed by atoms with E-state index in [1.165, 1.54) is 4.31 Å². The van der Waals surface area contributed by atoms with Crippen LogP contribution in [0.2, 0.25) is 0 Å². The van der Waals surface area contributed by atoms with Crippen LogP contribution in [0.25, 0.3) is 0 Å². The van der Waals surface area contributed by atoms with E-state index >= 15 is 0 Å². The summed E-state index contributed by atoms with van der Waals surface area (Å²) in [6, 6.07) is 9.76. The van der Waals surface area contributed by atoms with Gasteiger partial charge in [0.1, 0.15) is 0 Å². The van der Waals surface area contributed by atoms with Gasteiger partial charge in [-0.3, -0.25) is 4.79 Å². The first-order valence-electron chi connectivity index (χ1n) is 8.26. The van der Waals surface area contributed by atoms with Crippen molar-refractivity contribution in [2.45, 2.75) is 25.0 Å². The van der Waals surface area contributed by atoms with E-state index in [2.05, 4.69) is 6.08 Å². The molecule has 0 spiro atoms. The van der Waals surface area contributed by atoms with Crippen LogP contribution in [0.3, 0.4) is 0 Å². The number of rotatable bonds is 3. The second-order valence-electron chi connectivity index (χ2n) is 7.08. The molecule has 1 heterocycles. The van der Waals surface area contributed by atoms with Crippen LogP contribution in [-0.4, -0.2) is 30.4 Å². The SMILES string of the molecule is C[C@@H](Cc1ccccc1)C(=O)N1C[C@H]2[C@H]([C@H]3C=C[C@@H]2C3)S1(=O)=O. The van der Waals surface area contributed by atoms with Gasteiger partial charge in [-0.15, -0.1) is 0 Å². The number of carbonyl (C=O) groups is 1. The van der Waals surface area contributed by atoms with Crippen molar-refractivity contribution in [1.29, 1.82) is 0 Å². The summed E-state index contributed by atoms with van der Waals surface area (Å²) in [6.07, 6.45) is 5.69. The quantitative estimate of drug-likeness (QED) is 0.798. The Morgan fingerprint density at radius 2 is 1.91 bits per heavy atom. The molecular formula is C18H21NO3S. The van der Waals surface area contributed by atoms with E-state index in [1.807, 2.05) is 43.3 Å². The summed E-state index contributed by atoms with van der Waals surface area (Å²) in [5.74, 6) is -0.0265. The predicted molar refractivity (Wildman–Crippen MR) is 88.0 cm³/mol. The summed E-state index contributed by atoms with van der Waals surface area (Å²) in [5.41, 5.74) is 1.06. The van der Waals surface area contributed by atoms with Crippen LogP contribution in [0.4, 0.5) is 0 Å². The van der Waals surface area contributed by atoms with Gasteiger partial charge >= 0.3 is 0 Å². The second kappa shape index (κ2) is 5.20. The molecular weight excluding hydrogens is 310 g/mol. The Morgan fingerprint density at radius 1 is 1.22 bits per heavy atom. The van der Waals surface area contributed by atoms with E-state index in [0.29, 0.717) is 18.9 Å². The van der Waals surface area contributed by atoms with Crippen molar-refractivity contribution in [3.63, 3.8) is 0 Å². The molecule has 2 fully saturated rings. The molecule has 122 valence electrons. The van der Waals surface area contributed by atoms with Gasteiger partial charge in [-0.25, -0.2) is 12.7 Å². The average molecular weight is 331 g/mol. The molecule has 1 aromatic rings. The summed E-state index contributed by atoms with van der Waals surface area (Å²) in [5, 5.41) is -0.370. The number of allylic oxidation sites excluding steroid dienone is 2. The predicted octanol–water partition coefficient (Wildman–Crippen LogP) is 2.23. The molecule has 1 saturated heterocycles. The van der Waals surface area contributed by atoms with Crippen molar-refractivity contribution in [3.05, 3.63) is 48.0 Å². The third-order valence-electron chi connectivity index (χ3n) is 5.62. The lowest BCUT2D eigenvalue weighted by Crippen LogP contribution is -2.40. The van der Waals surface area contributed by atoms with Gasteiger partial charge in [-0.05, 0) is 30.2 Å². The molecule has 4 nitrogen and oxygen atoms in total. The van der Waals surface area contributed by atoms with Crippen LogP contribution in [-0.2, 0) is 21.2 Å². The highest BCUT2D eigenvalue weighted by atomic mass is 32.2. The Labute approximate surface area is 137 Å². The van der Waals surface area contributed by atoms with Crippen molar-refractivity contribution < 1.29 is 13.2 Å². The molecule has 3 aliphatic rings. The summed E-state index contributed by atoms with van der Waals surface area (Å²) in [6.45, 7) is 2.20. The largest absolute Gasteiger partial charge is 0.273 e. The highest BCUT2D eigenvalue weighted by molar-refractivity contribution is 7.90. The summed E-state index contributed by atoms with van der Waals surface area (Å²) >= 11 is 0. The standard InChI is InChI=1S/C18H21NO3S/c1-12(9-13-5-3-2-4-6-13)18(20)19-11-16-14-7-8-15(10-14)17(16)23(19,21)22/h2-8,12,14-17H,9-11H2,1H3/t12-,14+,15-,16+,17-/m0/s1. The first kappa shape index (κ1) is 14.9. The van der Waals surface area contributed by atoms with Gasteiger partial charge in [0.25, 0.3) is 0 Å². The summed E-state index contributed by atoms with van der Waals surface area (Å²) in [4.78, 5) is 12.8. The van der Waals surface area contributed by atoms with Crippen LogP contribution in [0, 0.1) is 23.7 Å². The number of fused-ring (bicyclic) bond motifs is 5. The maximum Gasteiger partial charge on any atom is 0.241 e. The van der Waals surface area contributed by atoms with Gasteiger partial charge in [0, 0.05) is 18.4 Å². The normalized spacial score (nSPS) is 34.6. The van der Waals surface area contributed by atoms with Crippen molar-refractivity contribution in [2.75, 3.05) is 6.54 Å². The molecule has 0 N–H and O–H groups in total. The lowest BCUT2D eigenvalue weighted by molar-refractivity contribution is -0.130. The molecule has 0 aromatic heterocycles. The van der Waals surface area contributed by atoms with E-state index in [1.54, 1.807) is 0 Å². The van der Waals surface area contributed by atoms with E-state index < -0.39 is 10.0 Å². The molecule has 5 atom stereocenters. The smallest absolute Gasteiger partial charge is 0.241 e. The Balaban J connectivity index is 1.53. The number of carbonyl (C=O) groups excluding carboxylic acids is 1. The number of amides is 1. The number of sulfonamides is 1. The lowest BCUT2D eigenvalue weighted by atomic mass is 9.93. The fourth-order valence-corrected chi connectivity index (χ4v) is 7.00. The zero-order valence-corrected chi connectivity index (χ0v) is 13.9. The minimum absolute atomic E-state index is 0.0999. The number of hydrogen-bond acceptors (Lipinski definition) is 3. The van der Waals surface area contributed by atoms with Gasteiger partial charge in [0.2, 0.25) is 15.9 Å². The Bertz CT molecular complexity index is 756. The van der Waals surface area contributed by atoms with E-state index in [9.17, 15) is 13.2 Å². The first-order chi connectivity index (χ1) is 11.0.